The van der Waals surface area contributed by atoms with E-state index in [1.54, 1.807) is 33.2 Å². The maximum atomic E-state index is 13.6. The standard InChI is InChI=1S/C29H29F3N6O5/c1-6-43-23(39)16-38(3,4)15-19-12-18(14-33)10-11-22(19)25-24(26(40)42-5)17(2)36(27-34-35-28(41)37(25)27)21-9-7-8-20(13-21)29(30,31)32/h7-13,25H,6,15-16H2,1-5H3/p+1/t25-/m1/s1. The lowest BCUT2D eigenvalue weighted by Gasteiger charge is -2.37. The summed E-state index contributed by atoms with van der Waals surface area (Å²) in [6.07, 6.45) is -4.64. The van der Waals surface area contributed by atoms with Crippen LogP contribution in [0.15, 0.2) is 58.5 Å². The molecule has 1 N–H and O–H groups in total. The minimum absolute atomic E-state index is 0.00626. The Kier molecular flexibility index (Phi) is 8.50. The van der Waals surface area contributed by atoms with Crippen LogP contribution in [-0.2, 0) is 31.8 Å². The average molecular weight is 600 g/mol. The molecule has 0 saturated heterocycles. The number of nitriles is 1. The van der Waals surface area contributed by atoms with Crippen LogP contribution in [0.1, 0.15) is 42.1 Å². The first kappa shape index (κ1) is 31.0. The number of H-pyrrole nitrogens is 1. The third-order valence-corrected chi connectivity index (χ3v) is 7.01. The first-order chi connectivity index (χ1) is 20.2. The maximum Gasteiger partial charge on any atom is 0.416 e. The van der Waals surface area contributed by atoms with Crippen molar-refractivity contribution in [2.45, 2.75) is 32.6 Å². The number of fused-ring (bicyclic) bond motifs is 1. The van der Waals surface area contributed by atoms with Gasteiger partial charge >= 0.3 is 23.8 Å². The van der Waals surface area contributed by atoms with Crippen LogP contribution in [-0.4, -0.2) is 65.5 Å². The lowest BCUT2D eigenvalue weighted by atomic mass is 9.89. The van der Waals surface area contributed by atoms with E-state index in [1.165, 1.54) is 30.0 Å². The fourth-order valence-electron chi connectivity index (χ4n) is 5.23. The van der Waals surface area contributed by atoms with Crippen molar-refractivity contribution in [1.29, 1.82) is 5.26 Å². The van der Waals surface area contributed by atoms with Crippen LogP contribution in [0.3, 0.4) is 0 Å². The van der Waals surface area contributed by atoms with Crippen molar-refractivity contribution in [2.24, 2.45) is 0 Å². The Bertz CT molecular complexity index is 1700. The minimum Gasteiger partial charge on any atom is -0.466 e. The van der Waals surface area contributed by atoms with E-state index >= 15 is 0 Å². The minimum atomic E-state index is -4.64. The number of anilines is 2. The summed E-state index contributed by atoms with van der Waals surface area (Å²) in [4.78, 5) is 40.3. The molecule has 226 valence electrons. The maximum absolute atomic E-state index is 13.6. The molecule has 1 atom stereocenters. The number of ether oxygens (including phenoxy) is 2. The van der Waals surface area contributed by atoms with Gasteiger partial charge in [0.15, 0.2) is 6.54 Å². The molecule has 0 spiro atoms. The SMILES string of the molecule is CCOC(=O)C[N+](C)(C)Cc1cc(C#N)ccc1[C@@H]1C(C(=O)OC)=C(C)N(c2cccc(C(F)(F)F)c2)c2n[nH]c(=O)n21. The number of likely N-dealkylation sites (N-methyl/N-ethyl adjacent to an activating group) is 1. The number of nitrogens with zero attached hydrogens (tertiary/aromatic N) is 5. The van der Waals surface area contributed by atoms with Gasteiger partial charge in [-0.2, -0.15) is 18.4 Å². The largest absolute Gasteiger partial charge is 0.466 e. The number of hydrogen-bond acceptors (Lipinski definition) is 8. The van der Waals surface area contributed by atoms with E-state index in [0.717, 1.165) is 23.8 Å². The van der Waals surface area contributed by atoms with E-state index in [2.05, 4.69) is 16.3 Å². The summed E-state index contributed by atoms with van der Waals surface area (Å²) < 4.78 is 52.3. The van der Waals surface area contributed by atoms with Gasteiger partial charge in [0.1, 0.15) is 12.6 Å². The van der Waals surface area contributed by atoms with E-state index in [1.807, 2.05) is 0 Å². The summed E-state index contributed by atoms with van der Waals surface area (Å²) in [6, 6.07) is 10.1. The highest BCUT2D eigenvalue weighted by Gasteiger charge is 2.41. The zero-order valence-electron chi connectivity index (χ0n) is 24.2. The third kappa shape index (κ3) is 6.17. The molecule has 2 heterocycles. The van der Waals surface area contributed by atoms with E-state index in [4.69, 9.17) is 9.47 Å². The molecule has 1 aromatic heterocycles. The summed E-state index contributed by atoms with van der Waals surface area (Å²) in [5.74, 6) is -1.32. The molecule has 0 saturated carbocycles. The Balaban J connectivity index is 1.96. The van der Waals surface area contributed by atoms with Crippen LogP contribution in [0.2, 0.25) is 0 Å². The normalized spacial score (nSPS) is 15.1. The second-order valence-electron chi connectivity index (χ2n) is 10.6. The molecule has 4 rings (SSSR count). The molecule has 0 amide bonds. The highest BCUT2D eigenvalue weighted by Crippen LogP contribution is 2.43. The summed E-state index contributed by atoms with van der Waals surface area (Å²) in [6.45, 7) is 3.60. The van der Waals surface area contributed by atoms with E-state index in [9.17, 15) is 32.8 Å². The fourth-order valence-corrected chi connectivity index (χ4v) is 5.23. The third-order valence-electron chi connectivity index (χ3n) is 7.01. The van der Waals surface area contributed by atoms with Crippen LogP contribution in [0.4, 0.5) is 24.8 Å². The summed E-state index contributed by atoms with van der Waals surface area (Å²) in [5, 5.41) is 16.1. The summed E-state index contributed by atoms with van der Waals surface area (Å²) >= 11 is 0. The number of quaternary nitrogens is 1. The van der Waals surface area contributed by atoms with E-state index < -0.39 is 35.4 Å². The monoisotopic (exact) mass is 599 g/mol. The van der Waals surface area contributed by atoms with Crippen LogP contribution in [0.25, 0.3) is 0 Å². The lowest BCUT2D eigenvalue weighted by Crippen LogP contribution is -2.44. The van der Waals surface area contributed by atoms with Crippen molar-refractivity contribution >= 4 is 23.6 Å². The van der Waals surface area contributed by atoms with Crippen molar-refractivity contribution in [3.8, 4) is 6.07 Å². The number of rotatable bonds is 8. The van der Waals surface area contributed by atoms with Crippen LogP contribution in [0.5, 0.6) is 0 Å². The number of alkyl halides is 3. The van der Waals surface area contributed by atoms with Gasteiger partial charge in [0.25, 0.3) is 0 Å². The van der Waals surface area contributed by atoms with Crippen molar-refractivity contribution < 1.29 is 36.7 Å². The fraction of sp³-hybridized carbons (Fsp3) is 0.345. The first-order valence-corrected chi connectivity index (χ1v) is 13.2. The van der Waals surface area contributed by atoms with Crippen molar-refractivity contribution in [3.05, 3.63) is 86.5 Å². The zero-order valence-corrected chi connectivity index (χ0v) is 24.2. The van der Waals surface area contributed by atoms with Gasteiger partial charge in [-0.15, -0.1) is 5.10 Å². The Labute approximate surface area is 244 Å². The Hall–Kier alpha value is -4.90. The van der Waals surface area contributed by atoms with Gasteiger partial charge in [-0.05, 0) is 49.7 Å². The van der Waals surface area contributed by atoms with Gasteiger partial charge in [0.2, 0.25) is 5.95 Å². The number of hydrogen-bond donors (Lipinski definition) is 1. The van der Waals surface area contributed by atoms with E-state index in [0.29, 0.717) is 16.7 Å². The van der Waals surface area contributed by atoms with Crippen LogP contribution < -0.4 is 10.6 Å². The number of halogens is 3. The molecule has 43 heavy (non-hydrogen) atoms. The number of aromatic nitrogens is 3. The van der Waals surface area contributed by atoms with Crippen LogP contribution >= 0.6 is 0 Å². The quantitative estimate of drug-likeness (QED) is 0.306. The van der Waals surface area contributed by atoms with Gasteiger partial charge < -0.3 is 14.0 Å². The number of benzene rings is 2. The first-order valence-electron chi connectivity index (χ1n) is 13.2. The molecule has 0 bridgehead atoms. The zero-order chi connectivity index (χ0) is 31.7. The molecule has 0 fully saturated rings. The molecular formula is C29H30F3N6O5+. The van der Waals surface area contributed by atoms with Crippen molar-refractivity contribution in [1.82, 2.24) is 14.8 Å². The number of nitrogens with one attached hydrogen (secondary N) is 1. The summed E-state index contributed by atoms with van der Waals surface area (Å²) in [7, 11) is 4.72. The number of esters is 2. The molecule has 1 aliphatic rings. The van der Waals surface area contributed by atoms with Gasteiger partial charge in [-0.25, -0.2) is 24.0 Å². The smallest absolute Gasteiger partial charge is 0.416 e. The Morgan fingerprint density at radius 3 is 2.53 bits per heavy atom. The number of carbonyl (C=O) groups is 2. The molecule has 11 nitrogen and oxygen atoms in total. The van der Waals surface area contributed by atoms with Gasteiger partial charge in [0, 0.05) is 16.9 Å². The Morgan fingerprint density at radius 2 is 1.91 bits per heavy atom. The molecule has 0 radical (unpaired) electrons. The number of methoxy groups -OCH3 is 1. The number of aromatic amines is 1. The van der Waals surface area contributed by atoms with Gasteiger partial charge in [-0.3, -0.25) is 4.90 Å². The summed E-state index contributed by atoms with van der Waals surface area (Å²) in [5.41, 5.74) is -0.227. The van der Waals surface area contributed by atoms with Gasteiger partial charge in [-0.1, -0.05) is 12.1 Å². The van der Waals surface area contributed by atoms with Gasteiger partial charge in [0.05, 0.1) is 50.6 Å². The van der Waals surface area contributed by atoms with E-state index in [-0.39, 0.29) is 47.1 Å². The molecule has 2 aromatic carbocycles. The molecule has 3 aromatic rings. The predicted molar refractivity (Wildman–Crippen MR) is 148 cm³/mol. The van der Waals surface area contributed by atoms with Crippen molar-refractivity contribution in [2.75, 3.05) is 39.3 Å². The Morgan fingerprint density at radius 1 is 1.19 bits per heavy atom. The number of carbonyl (C=O) groups excluding carboxylic acids is 2. The predicted octanol–water partition coefficient (Wildman–Crippen LogP) is 3.79. The van der Waals surface area contributed by atoms with Crippen LogP contribution in [0, 0.1) is 11.3 Å². The highest BCUT2D eigenvalue weighted by atomic mass is 19.4. The second kappa shape index (κ2) is 11.8. The highest BCUT2D eigenvalue weighted by molar-refractivity contribution is 5.93. The molecule has 0 unspecified atom stereocenters. The molecule has 1 aliphatic heterocycles. The average Bonchev–Trinajstić information content (AvgIpc) is 3.31. The number of allylic oxidation sites excluding steroid dienone is 1. The molecular weight excluding hydrogens is 569 g/mol. The second-order valence-corrected chi connectivity index (χ2v) is 10.6. The van der Waals surface area contributed by atoms with Crippen molar-refractivity contribution in [3.63, 3.8) is 0 Å². The molecule has 0 aliphatic carbocycles. The lowest BCUT2D eigenvalue weighted by molar-refractivity contribution is -0.896. The molecule has 14 heteroatoms. The topological polar surface area (TPSA) is 130 Å².